The number of hydrogen-bond acceptors (Lipinski definition) is 4. The Hall–Kier alpha value is -2.86. The maximum Gasteiger partial charge on any atom is 0.231 e. The second kappa shape index (κ2) is 7.40. The van der Waals surface area contributed by atoms with Crippen molar-refractivity contribution in [3.63, 3.8) is 0 Å². The SMILES string of the molecule is COc1ccccc1-c1nc2ccccc2n1C1CCN(CC(N)=O)CC1. The van der Waals surface area contributed by atoms with E-state index in [2.05, 4.69) is 27.7 Å². The molecule has 1 aliphatic heterocycles. The number of imidazole rings is 1. The lowest BCUT2D eigenvalue weighted by molar-refractivity contribution is -0.119. The minimum atomic E-state index is -0.267. The number of likely N-dealkylation sites (tertiary alicyclic amines) is 1. The van der Waals surface area contributed by atoms with Crippen molar-refractivity contribution in [1.82, 2.24) is 14.5 Å². The molecule has 1 fully saturated rings. The van der Waals surface area contributed by atoms with Crippen LogP contribution in [-0.2, 0) is 4.79 Å². The highest BCUT2D eigenvalue weighted by Gasteiger charge is 2.26. The van der Waals surface area contributed by atoms with E-state index in [0.717, 1.165) is 54.1 Å². The molecule has 0 bridgehead atoms. The third kappa shape index (κ3) is 3.40. The van der Waals surface area contributed by atoms with E-state index in [1.54, 1.807) is 7.11 Å². The highest BCUT2D eigenvalue weighted by atomic mass is 16.5. The minimum Gasteiger partial charge on any atom is -0.496 e. The van der Waals surface area contributed by atoms with Gasteiger partial charge in [-0.1, -0.05) is 24.3 Å². The van der Waals surface area contributed by atoms with Crippen LogP contribution in [0.2, 0.25) is 0 Å². The van der Waals surface area contributed by atoms with Gasteiger partial charge in [0.05, 0.1) is 30.3 Å². The number of carbonyl (C=O) groups is 1. The molecule has 6 heteroatoms. The molecule has 1 amide bonds. The molecule has 0 atom stereocenters. The molecule has 140 valence electrons. The molecular formula is C21H24N4O2. The van der Waals surface area contributed by atoms with Crippen molar-refractivity contribution in [2.75, 3.05) is 26.7 Å². The van der Waals surface area contributed by atoms with Gasteiger partial charge in [-0.2, -0.15) is 0 Å². The van der Waals surface area contributed by atoms with E-state index in [-0.39, 0.29) is 5.91 Å². The highest BCUT2D eigenvalue weighted by Crippen LogP contribution is 2.36. The third-order valence-electron chi connectivity index (χ3n) is 5.25. The van der Waals surface area contributed by atoms with Gasteiger partial charge in [0.25, 0.3) is 0 Å². The second-order valence-corrected chi connectivity index (χ2v) is 6.97. The van der Waals surface area contributed by atoms with E-state index in [9.17, 15) is 4.79 Å². The molecule has 0 radical (unpaired) electrons. The van der Waals surface area contributed by atoms with Gasteiger partial charge in [0.15, 0.2) is 0 Å². The predicted octanol–water partition coefficient (Wildman–Crippen LogP) is 2.83. The Morgan fingerprint density at radius 3 is 2.59 bits per heavy atom. The molecule has 2 heterocycles. The van der Waals surface area contributed by atoms with Crippen molar-refractivity contribution in [1.29, 1.82) is 0 Å². The van der Waals surface area contributed by atoms with Crippen molar-refractivity contribution in [2.24, 2.45) is 5.73 Å². The molecule has 0 spiro atoms. The number of para-hydroxylation sites is 3. The number of nitrogens with two attached hydrogens (primary N) is 1. The third-order valence-corrected chi connectivity index (χ3v) is 5.25. The quantitative estimate of drug-likeness (QED) is 0.755. The zero-order valence-corrected chi connectivity index (χ0v) is 15.5. The number of carbonyl (C=O) groups excluding carboxylic acids is 1. The molecular weight excluding hydrogens is 340 g/mol. The summed E-state index contributed by atoms with van der Waals surface area (Å²) in [6, 6.07) is 16.6. The molecule has 27 heavy (non-hydrogen) atoms. The summed E-state index contributed by atoms with van der Waals surface area (Å²) < 4.78 is 7.93. The number of rotatable bonds is 5. The highest BCUT2D eigenvalue weighted by molar-refractivity contribution is 5.82. The first-order valence-electron chi connectivity index (χ1n) is 9.28. The summed E-state index contributed by atoms with van der Waals surface area (Å²) in [6.45, 7) is 2.04. The summed E-state index contributed by atoms with van der Waals surface area (Å²) in [5.74, 6) is 1.48. The van der Waals surface area contributed by atoms with Crippen LogP contribution in [0, 0.1) is 0 Å². The van der Waals surface area contributed by atoms with Crippen molar-refractivity contribution in [3.8, 4) is 17.1 Å². The molecule has 2 aromatic carbocycles. The van der Waals surface area contributed by atoms with Gasteiger partial charge in [0, 0.05) is 19.1 Å². The normalized spacial score (nSPS) is 15.9. The molecule has 1 aromatic heterocycles. The molecule has 3 aromatic rings. The summed E-state index contributed by atoms with van der Waals surface area (Å²) in [5.41, 5.74) is 8.46. The van der Waals surface area contributed by atoms with Gasteiger partial charge in [-0.25, -0.2) is 4.98 Å². The average Bonchev–Trinajstić information content (AvgIpc) is 3.07. The number of benzene rings is 2. The molecule has 2 N–H and O–H groups in total. The summed E-state index contributed by atoms with van der Waals surface area (Å²) in [4.78, 5) is 18.3. The Morgan fingerprint density at radius 2 is 1.85 bits per heavy atom. The number of amides is 1. The summed E-state index contributed by atoms with van der Waals surface area (Å²) in [5, 5.41) is 0. The number of ether oxygens (including phenoxy) is 1. The van der Waals surface area contributed by atoms with E-state index >= 15 is 0 Å². The van der Waals surface area contributed by atoms with Gasteiger partial charge < -0.3 is 15.0 Å². The van der Waals surface area contributed by atoms with Crippen LogP contribution in [0.1, 0.15) is 18.9 Å². The summed E-state index contributed by atoms with van der Waals surface area (Å²) in [7, 11) is 1.69. The summed E-state index contributed by atoms with van der Waals surface area (Å²) >= 11 is 0. The Labute approximate surface area is 158 Å². The number of fused-ring (bicyclic) bond motifs is 1. The van der Waals surface area contributed by atoms with Gasteiger partial charge in [-0.05, 0) is 37.1 Å². The average molecular weight is 364 g/mol. The first-order valence-corrected chi connectivity index (χ1v) is 9.28. The largest absolute Gasteiger partial charge is 0.496 e. The van der Waals surface area contributed by atoms with Crippen molar-refractivity contribution < 1.29 is 9.53 Å². The van der Waals surface area contributed by atoms with E-state index in [0.29, 0.717) is 12.6 Å². The number of hydrogen-bond donors (Lipinski definition) is 1. The lowest BCUT2D eigenvalue weighted by Gasteiger charge is -2.33. The molecule has 1 aliphatic rings. The fourth-order valence-corrected chi connectivity index (χ4v) is 3.99. The van der Waals surface area contributed by atoms with Crippen molar-refractivity contribution >= 4 is 16.9 Å². The maximum atomic E-state index is 11.2. The fraction of sp³-hybridized carbons (Fsp3) is 0.333. The standard InChI is InChI=1S/C21H24N4O2/c1-27-19-9-5-2-6-16(19)21-23-17-7-3-4-8-18(17)25(21)15-10-12-24(13-11-15)14-20(22)26/h2-9,15H,10-14H2,1H3,(H2,22,26). The van der Waals surface area contributed by atoms with Crippen LogP contribution in [0.5, 0.6) is 5.75 Å². The second-order valence-electron chi connectivity index (χ2n) is 6.97. The fourth-order valence-electron chi connectivity index (χ4n) is 3.99. The number of aromatic nitrogens is 2. The van der Waals surface area contributed by atoms with Gasteiger partial charge >= 0.3 is 0 Å². The lowest BCUT2D eigenvalue weighted by atomic mass is 10.0. The Morgan fingerprint density at radius 1 is 1.15 bits per heavy atom. The topological polar surface area (TPSA) is 73.4 Å². The molecule has 6 nitrogen and oxygen atoms in total. The van der Waals surface area contributed by atoms with Crippen molar-refractivity contribution in [3.05, 3.63) is 48.5 Å². The van der Waals surface area contributed by atoms with Crippen LogP contribution in [0.3, 0.4) is 0 Å². The number of primary amides is 1. The zero-order valence-electron chi connectivity index (χ0n) is 15.5. The van der Waals surface area contributed by atoms with Gasteiger partial charge in [-0.15, -0.1) is 0 Å². The van der Waals surface area contributed by atoms with Crippen LogP contribution in [0.4, 0.5) is 0 Å². The Kier molecular flexibility index (Phi) is 4.81. The lowest BCUT2D eigenvalue weighted by Crippen LogP contribution is -2.40. The molecule has 4 rings (SSSR count). The monoisotopic (exact) mass is 364 g/mol. The van der Waals surface area contributed by atoms with E-state index < -0.39 is 0 Å². The Bertz CT molecular complexity index is 958. The number of nitrogens with zero attached hydrogens (tertiary/aromatic N) is 3. The van der Waals surface area contributed by atoms with Crippen LogP contribution >= 0.6 is 0 Å². The number of piperidine rings is 1. The van der Waals surface area contributed by atoms with Gasteiger partial charge in [-0.3, -0.25) is 9.69 Å². The first-order chi connectivity index (χ1) is 13.2. The van der Waals surface area contributed by atoms with E-state index in [1.165, 1.54) is 0 Å². The van der Waals surface area contributed by atoms with Gasteiger partial charge in [0.1, 0.15) is 11.6 Å². The zero-order chi connectivity index (χ0) is 18.8. The van der Waals surface area contributed by atoms with Crippen molar-refractivity contribution in [2.45, 2.75) is 18.9 Å². The predicted molar refractivity (Wildman–Crippen MR) is 106 cm³/mol. The van der Waals surface area contributed by atoms with Crippen LogP contribution in [-0.4, -0.2) is 47.1 Å². The van der Waals surface area contributed by atoms with Crippen LogP contribution < -0.4 is 10.5 Å². The molecule has 0 unspecified atom stereocenters. The summed E-state index contributed by atoms with van der Waals surface area (Å²) in [6.07, 6.45) is 1.91. The van der Waals surface area contributed by atoms with Crippen LogP contribution in [0.25, 0.3) is 22.4 Å². The minimum absolute atomic E-state index is 0.267. The van der Waals surface area contributed by atoms with E-state index in [4.69, 9.17) is 15.5 Å². The number of methoxy groups -OCH3 is 1. The van der Waals surface area contributed by atoms with Gasteiger partial charge in [0.2, 0.25) is 5.91 Å². The smallest absolute Gasteiger partial charge is 0.231 e. The molecule has 1 saturated heterocycles. The molecule has 0 saturated carbocycles. The van der Waals surface area contributed by atoms with Crippen LogP contribution in [0.15, 0.2) is 48.5 Å². The first kappa shape index (κ1) is 17.5. The Balaban J connectivity index is 1.75. The maximum absolute atomic E-state index is 11.2. The van der Waals surface area contributed by atoms with E-state index in [1.807, 2.05) is 30.3 Å². The molecule has 0 aliphatic carbocycles.